The first kappa shape index (κ1) is 11.2. The van der Waals surface area contributed by atoms with Crippen LogP contribution in [0.1, 0.15) is 0 Å². The number of nitrogens with one attached hydrogen (secondary N) is 1. The van der Waals surface area contributed by atoms with E-state index in [0.717, 1.165) is 0 Å². The number of aliphatic imine (C=N–C) groups is 1. The number of nitrogens with zero attached hydrogens (tertiary/aromatic N) is 1. The van der Waals surface area contributed by atoms with E-state index in [1.165, 1.54) is 0 Å². The van der Waals surface area contributed by atoms with Crippen LogP contribution < -0.4 is 17.2 Å². The van der Waals surface area contributed by atoms with Crippen molar-refractivity contribution in [3.63, 3.8) is 0 Å². The first-order chi connectivity index (χ1) is 5.65. The molecule has 0 aromatic rings. The van der Waals surface area contributed by atoms with Crippen LogP contribution in [0.3, 0.4) is 0 Å². The molecule has 0 saturated heterocycles. The smallest absolute Gasteiger partial charge is 0.146 e. The molecule has 0 amide bonds. The van der Waals surface area contributed by atoms with Crippen LogP contribution in [-0.2, 0) is 0 Å². The minimum Gasteiger partial charge on any atom is -0.388 e. The fourth-order valence-corrected chi connectivity index (χ4v) is 0.625. The van der Waals surface area contributed by atoms with Gasteiger partial charge in [-0.1, -0.05) is 0 Å². The lowest BCUT2D eigenvalue weighted by Crippen LogP contribution is -2.42. The van der Waals surface area contributed by atoms with Crippen molar-refractivity contribution in [1.82, 2.24) is 0 Å². The number of amidine groups is 1. The zero-order valence-electron chi connectivity index (χ0n) is 6.83. The number of rotatable bonds is 4. The molecule has 8 N–H and O–H groups in total. The molecular weight excluding hydrogens is 158 g/mol. The topological polar surface area (TPSA) is 134 Å². The van der Waals surface area contributed by atoms with Gasteiger partial charge in [0.25, 0.3) is 0 Å². The van der Waals surface area contributed by atoms with Gasteiger partial charge in [-0.15, -0.1) is 0 Å². The first-order valence-electron chi connectivity index (χ1n) is 3.57. The summed E-state index contributed by atoms with van der Waals surface area (Å²) in [6.07, 6.45) is 0. The molecule has 0 rings (SSSR count). The number of hydrogen-bond acceptors (Lipinski definition) is 5. The molecule has 0 aliphatic rings. The maximum absolute atomic E-state index is 8.49. The molecule has 0 aliphatic heterocycles. The summed E-state index contributed by atoms with van der Waals surface area (Å²) < 4.78 is 0. The molecule has 0 aliphatic carbocycles. The molecule has 0 bridgehead atoms. The van der Waals surface area contributed by atoms with Gasteiger partial charge in [-0.3, -0.25) is 5.41 Å². The van der Waals surface area contributed by atoms with E-state index in [-0.39, 0.29) is 18.9 Å². The van der Waals surface area contributed by atoms with Crippen molar-refractivity contribution in [1.29, 1.82) is 5.41 Å². The molecule has 12 heavy (non-hydrogen) atoms. The van der Waals surface area contributed by atoms with E-state index in [4.69, 9.17) is 27.7 Å². The lowest BCUT2D eigenvalue weighted by Gasteiger charge is -2.10. The fraction of sp³-hybridized carbons (Fsp3) is 0.667. The van der Waals surface area contributed by atoms with Crippen LogP contribution in [0.4, 0.5) is 0 Å². The Hall–Kier alpha value is -0.820. The second kappa shape index (κ2) is 5.78. The summed E-state index contributed by atoms with van der Waals surface area (Å²) >= 11 is 0. The van der Waals surface area contributed by atoms with E-state index in [0.29, 0.717) is 5.71 Å². The molecule has 0 fully saturated rings. The summed E-state index contributed by atoms with van der Waals surface area (Å²) in [5.41, 5.74) is 16.5. The van der Waals surface area contributed by atoms with E-state index in [9.17, 15) is 0 Å². The Balaban J connectivity index is 4.31. The summed E-state index contributed by atoms with van der Waals surface area (Å²) in [7, 11) is 0. The average Bonchev–Trinajstić information content (AvgIpc) is 2.12. The van der Waals surface area contributed by atoms with Crippen molar-refractivity contribution in [3.05, 3.63) is 0 Å². The van der Waals surface area contributed by atoms with Crippen molar-refractivity contribution in [2.45, 2.75) is 6.04 Å². The Morgan fingerprint density at radius 1 is 1.50 bits per heavy atom. The van der Waals surface area contributed by atoms with E-state index in [1.807, 2.05) is 0 Å². The Labute approximate surface area is 71.0 Å². The van der Waals surface area contributed by atoms with Crippen molar-refractivity contribution in [2.24, 2.45) is 22.2 Å². The van der Waals surface area contributed by atoms with Gasteiger partial charge in [-0.05, 0) is 0 Å². The van der Waals surface area contributed by atoms with Crippen LogP contribution in [0.5, 0.6) is 0 Å². The maximum atomic E-state index is 8.49. The Morgan fingerprint density at radius 3 is 2.42 bits per heavy atom. The third-order valence-electron chi connectivity index (χ3n) is 1.32. The van der Waals surface area contributed by atoms with Crippen molar-refractivity contribution in [3.8, 4) is 0 Å². The Bertz CT molecular complexity index is 179. The van der Waals surface area contributed by atoms with E-state index >= 15 is 0 Å². The van der Waals surface area contributed by atoms with Crippen LogP contribution in [0.2, 0.25) is 0 Å². The minimum atomic E-state index is -0.429. The fourth-order valence-electron chi connectivity index (χ4n) is 0.625. The first-order valence-corrected chi connectivity index (χ1v) is 3.57. The Kier molecular flexibility index (Phi) is 5.39. The highest BCUT2D eigenvalue weighted by Crippen LogP contribution is 1.84. The highest BCUT2D eigenvalue weighted by molar-refractivity contribution is 6.01. The third-order valence-corrected chi connectivity index (χ3v) is 1.32. The quantitative estimate of drug-likeness (QED) is 0.240. The van der Waals surface area contributed by atoms with Gasteiger partial charge in [0.1, 0.15) is 12.4 Å². The predicted octanol–water partition coefficient (Wildman–Crippen LogP) is -2.36. The van der Waals surface area contributed by atoms with Crippen LogP contribution in [0, 0.1) is 5.41 Å². The van der Waals surface area contributed by atoms with Crippen LogP contribution >= 0.6 is 0 Å². The SMILES string of the molecule is N=C(CO)N=C(CN)C(N)CN. The molecule has 0 saturated carbocycles. The third kappa shape index (κ3) is 3.54. The highest BCUT2D eigenvalue weighted by atomic mass is 16.3. The molecule has 6 nitrogen and oxygen atoms in total. The largest absolute Gasteiger partial charge is 0.388 e. The molecule has 0 aromatic carbocycles. The molecule has 1 atom stereocenters. The van der Waals surface area contributed by atoms with Gasteiger partial charge < -0.3 is 22.3 Å². The normalized spacial score (nSPS) is 14.5. The number of hydrogen-bond donors (Lipinski definition) is 5. The van der Waals surface area contributed by atoms with Crippen molar-refractivity contribution >= 4 is 11.5 Å². The van der Waals surface area contributed by atoms with Gasteiger partial charge in [0.2, 0.25) is 0 Å². The highest BCUT2D eigenvalue weighted by Gasteiger charge is 2.07. The van der Waals surface area contributed by atoms with Gasteiger partial charge in [-0.2, -0.15) is 0 Å². The van der Waals surface area contributed by atoms with E-state index in [2.05, 4.69) is 4.99 Å². The lowest BCUT2D eigenvalue weighted by atomic mass is 10.2. The van der Waals surface area contributed by atoms with Gasteiger partial charge in [0.05, 0.1) is 11.8 Å². The molecular formula is C6H15N5O. The second-order valence-electron chi connectivity index (χ2n) is 2.25. The second-order valence-corrected chi connectivity index (χ2v) is 2.25. The molecule has 1 unspecified atom stereocenters. The Morgan fingerprint density at radius 2 is 2.08 bits per heavy atom. The van der Waals surface area contributed by atoms with Crippen LogP contribution in [0.25, 0.3) is 0 Å². The monoisotopic (exact) mass is 173 g/mol. The predicted molar refractivity (Wildman–Crippen MR) is 48.3 cm³/mol. The maximum Gasteiger partial charge on any atom is 0.146 e. The zero-order chi connectivity index (χ0) is 9.56. The molecule has 0 heterocycles. The van der Waals surface area contributed by atoms with Gasteiger partial charge in [0.15, 0.2) is 0 Å². The van der Waals surface area contributed by atoms with Gasteiger partial charge in [-0.25, -0.2) is 4.99 Å². The summed E-state index contributed by atoms with van der Waals surface area (Å²) in [6, 6.07) is -0.429. The average molecular weight is 173 g/mol. The van der Waals surface area contributed by atoms with Gasteiger partial charge in [0, 0.05) is 13.1 Å². The van der Waals surface area contributed by atoms with E-state index < -0.39 is 12.6 Å². The standard InChI is InChI=1S/C6H15N5O/c7-1-4(9)5(2-8)11-6(10)3-12/h4,10,12H,1-3,7-9H2. The lowest BCUT2D eigenvalue weighted by molar-refractivity contribution is 0.355. The number of nitrogens with two attached hydrogens (primary N) is 3. The molecule has 0 radical (unpaired) electrons. The summed E-state index contributed by atoms with van der Waals surface area (Å²) in [5, 5.41) is 15.5. The summed E-state index contributed by atoms with van der Waals surface area (Å²) in [4.78, 5) is 3.70. The van der Waals surface area contributed by atoms with Crippen molar-refractivity contribution < 1.29 is 5.11 Å². The van der Waals surface area contributed by atoms with Crippen LogP contribution in [-0.4, -0.2) is 42.4 Å². The zero-order valence-corrected chi connectivity index (χ0v) is 6.83. The molecule has 0 aromatic heterocycles. The van der Waals surface area contributed by atoms with Gasteiger partial charge >= 0.3 is 0 Å². The van der Waals surface area contributed by atoms with E-state index in [1.54, 1.807) is 0 Å². The minimum absolute atomic E-state index is 0.153. The van der Waals surface area contributed by atoms with Crippen LogP contribution in [0.15, 0.2) is 4.99 Å². The molecule has 6 heteroatoms. The van der Waals surface area contributed by atoms with Crippen molar-refractivity contribution in [2.75, 3.05) is 19.7 Å². The molecule has 0 spiro atoms. The number of aliphatic hydroxyl groups excluding tert-OH is 1. The summed E-state index contributed by atoms with van der Waals surface area (Å²) in [5.74, 6) is -0.153. The number of aliphatic hydroxyl groups is 1. The summed E-state index contributed by atoms with van der Waals surface area (Å²) in [6.45, 7) is -0.0315. The molecule has 70 valence electrons.